The van der Waals surface area contributed by atoms with Crippen molar-refractivity contribution in [2.75, 3.05) is 0 Å². The molecule has 182 valence electrons. The molecule has 3 atom stereocenters. The maximum Gasteiger partial charge on any atom is 0.241 e. The fourth-order valence-corrected chi connectivity index (χ4v) is 5.74. The normalized spacial score (nSPS) is 14.5. The summed E-state index contributed by atoms with van der Waals surface area (Å²) in [6, 6.07) is 20.1. The number of carbonyl (C=O) groups excluding carboxylic acids is 2. The highest BCUT2D eigenvalue weighted by molar-refractivity contribution is 7.89. The highest BCUT2D eigenvalue weighted by atomic mass is 32.2. The number of aromatic nitrogens is 1. The van der Waals surface area contributed by atoms with Gasteiger partial charge < -0.3 is 15.1 Å². The minimum absolute atomic E-state index is 0.113. The first-order chi connectivity index (χ1) is 16.8. The van der Waals surface area contributed by atoms with Gasteiger partial charge in [-0.2, -0.15) is 4.72 Å². The number of aromatic amines is 1. The maximum absolute atomic E-state index is 13.4. The van der Waals surface area contributed by atoms with Crippen LogP contribution in [0.25, 0.3) is 21.7 Å². The van der Waals surface area contributed by atoms with Crippen molar-refractivity contribution in [1.82, 2.24) is 15.0 Å². The zero-order valence-electron chi connectivity index (χ0n) is 19.7. The Kier molecular flexibility index (Phi) is 7.33. The van der Waals surface area contributed by atoms with Crippen LogP contribution in [0.1, 0.15) is 26.0 Å². The van der Waals surface area contributed by atoms with Gasteiger partial charge in [0.15, 0.2) is 0 Å². The van der Waals surface area contributed by atoms with Crippen LogP contribution in [-0.2, 0) is 26.0 Å². The van der Waals surface area contributed by atoms with Gasteiger partial charge in [0.2, 0.25) is 15.9 Å². The van der Waals surface area contributed by atoms with Gasteiger partial charge in [-0.15, -0.1) is 0 Å². The van der Waals surface area contributed by atoms with E-state index in [1.54, 1.807) is 18.2 Å². The largest absolute Gasteiger partial charge is 0.358 e. The molecule has 0 radical (unpaired) electrons. The van der Waals surface area contributed by atoms with Gasteiger partial charge in [-0.05, 0) is 34.9 Å². The Bertz CT molecular complexity index is 1420. The third-order valence-electron chi connectivity index (χ3n) is 6.33. The van der Waals surface area contributed by atoms with Gasteiger partial charge in [-0.1, -0.05) is 74.9 Å². The van der Waals surface area contributed by atoms with E-state index in [0.717, 1.165) is 22.0 Å². The molecule has 0 saturated carbocycles. The summed E-state index contributed by atoms with van der Waals surface area (Å²) in [5.74, 6) is -0.823. The van der Waals surface area contributed by atoms with Crippen LogP contribution in [0.4, 0.5) is 0 Å². The van der Waals surface area contributed by atoms with Crippen molar-refractivity contribution in [3.63, 3.8) is 0 Å². The summed E-state index contributed by atoms with van der Waals surface area (Å²) in [4.78, 5) is 28.4. The molecule has 3 N–H and O–H groups in total. The van der Waals surface area contributed by atoms with Crippen LogP contribution in [0.15, 0.2) is 77.7 Å². The lowest BCUT2D eigenvalue weighted by Gasteiger charge is -2.25. The molecular weight excluding hydrogens is 462 g/mol. The van der Waals surface area contributed by atoms with Crippen LogP contribution in [0.5, 0.6) is 0 Å². The minimum atomic E-state index is -4.01. The first-order valence-corrected chi connectivity index (χ1v) is 13.1. The lowest BCUT2D eigenvalue weighted by molar-refractivity contribution is -0.126. The lowest BCUT2D eigenvalue weighted by atomic mass is 9.99. The van der Waals surface area contributed by atoms with Crippen molar-refractivity contribution in [1.29, 1.82) is 0 Å². The fourth-order valence-electron chi connectivity index (χ4n) is 4.21. The molecule has 1 unspecified atom stereocenters. The number of aldehydes is 1. The third kappa shape index (κ3) is 5.44. The topological polar surface area (TPSA) is 108 Å². The zero-order valence-corrected chi connectivity index (χ0v) is 20.5. The van der Waals surface area contributed by atoms with Gasteiger partial charge >= 0.3 is 0 Å². The van der Waals surface area contributed by atoms with Crippen LogP contribution < -0.4 is 10.0 Å². The first kappa shape index (κ1) is 24.6. The highest BCUT2D eigenvalue weighted by Gasteiger charge is 2.31. The Morgan fingerprint density at radius 3 is 2.40 bits per heavy atom. The van der Waals surface area contributed by atoms with Crippen LogP contribution in [-0.4, -0.2) is 37.7 Å². The number of hydrogen-bond acceptors (Lipinski definition) is 4. The SMILES string of the molecule is CCC(C)[C@H](NS(=O)(=O)c1cccc2ccccc12)C(=O)N[C@H](C=O)Cc1cc2ccccc2[nH]1. The average Bonchev–Trinajstić information content (AvgIpc) is 3.28. The van der Waals surface area contributed by atoms with E-state index in [9.17, 15) is 18.0 Å². The number of amides is 1. The predicted molar refractivity (Wildman–Crippen MR) is 138 cm³/mol. The summed E-state index contributed by atoms with van der Waals surface area (Å²) in [6.45, 7) is 3.70. The molecule has 0 aliphatic rings. The Hall–Kier alpha value is -3.49. The number of fused-ring (bicyclic) bond motifs is 2. The van der Waals surface area contributed by atoms with E-state index in [1.165, 1.54) is 6.07 Å². The highest BCUT2D eigenvalue weighted by Crippen LogP contribution is 2.24. The summed E-state index contributed by atoms with van der Waals surface area (Å²) in [6.07, 6.45) is 1.52. The molecule has 4 aromatic rings. The number of para-hydroxylation sites is 1. The molecule has 0 saturated heterocycles. The predicted octanol–water partition coefficient (Wildman–Crippen LogP) is 3.94. The summed E-state index contributed by atoms with van der Waals surface area (Å²) in [5, 5.41) is 5.11. The molecule has 8 heteroatoms. The van der Waals surface area contributed by atoms with E-state index in [1.807, 2.05) is 62.4 Å². The summed E-state index contributed by atoms with van der Waals surface area (Å²) < 4.78 is 29.3. The monoisotopic (exact) mass is 491 g/mol. The summed E-state index contributed by atoms with van der Waals surface area (Å²) in [5.41, 5.74) is 1.75. The molecule has 1 heterocycles. The van der Waals surface area contributed by atoms with E-state index in [4.69, 9.17) is 0 Å². The average molecular weight is 492 g/mol. The Labute approximate surface area is 205 Å². The van der Waals surface area contributed by atoms with Crippen LogP contribution >= 0.6 is 0 Å². The molecule has 7 nitrogen and oxygen atoms in total. The van der Waals surface area contributed by atoms with Gasteiger partial charge in [-0.3, -0.25) is 4.79 Å². The molecule has 0 fully saturated rings. The molecule has 1 amide bonds. The molecule has 3 aromatic carbocycles. The van der Waals surface area contributed by atoms with E-state index in [0.29, 0.717) is 18.1 Å². The van der Waals surface area contributed by atoms with Crippen molar-refractivity contribution in [3.8, 4) is 0 Å². The van der Waals surface area contributed by atoms with Crippen LogP contribution in [0, 0.1) is 5.92 Å². The molecular formula is C27H29N3O4S. The number of hydrogen-bond donors (Lipinski definition) is 3. The fraction of sp³-hybridized carbons (Fsp3) is 0.259. The Morgan fingerprint density at radius 1 is 1.00 bits per heavy atom. The van der Waals surface area contributed by atoms with Gasteiger partial charge in [0.1, 0.15) is 12.3 Å². The van der Waals surface area contributed by atoms with Crippen LogP contribution in [0.2, 0.25) is 0 Å². The van der Waals surface area contributed by atoms with Crippen molar-refractivity contribution < 1.29 is 18.0 Å². The molecule has 35 heavy (non-hydrogen) atoms. The minimum Gasteiger partial charge on any atom is -0.358 e. The number of nitrogens with one attached hydrogen (secondary N) is 3. The van der Waals surface area contributed by atoms with Gasteiger partial charge in [0.25, 0.3) is 0 Å². The number of H-pyrrole nitrogens is 1. The molecule has 4 rings (SSSR count). The number of rotatable bonds is 10. The van der Waals surface area contributed by atoms with Crippen molar-refractivity contribution in [3.05, 3.63) is 78.5 Å². The number of benzene rings is 3. The lowest BCUT2D eigenvalue weighted by Crippen LogP contribution is -2.53. The first-order valence-electron chi connectivity index (χ1n) is 11.6. The van der Waals surface area contributed by atoms with Crippen molar-refractivity contribution in [2.45, 2.75) is 43.7 Å². The molecule has 0 bridgehead atoms. The second-order valence-corrected chi connectivity index (χ2v) is 10.5. The number of sulfonamides is 1. The Morgan fingerprint density at radius 2 is 1.69 bits per heavy atom. The second-order valence-electron chi connectivity index (χ2n) is 8.80. The number of carbonyl (C=O) groups is 2. The Balaban J connectivity index is 1.55. The summed E-state index contributed by atoms with van der Waals surface area (Å²) >= 11 is 0. The molecule has 0 spiro atoms. The molecule has 0 aliphatic carbocycles. The van der Waals surface area contributed by atoms with Gasteiger partial charge in [0, 0.05) is 23.0 Å². The third-order valence-corrected chi connectivity index (χ3v) is 7.83. The molecule has 0 aliphatic heterocycles. The van der Waals surface area contributed by atoms with Crippen LogP contribution in [0.3, 0.4) is 0 Å². The van der Waals surface area contributed by atoms with E-state index in [-0.39, 0.29) is 17.2 Å². The van der Waals surface area contributed by atoms with Crippen molar-refractivity contribution in [2.24, 2.45) is 5.92 Å². The second kappa shape index (κ2) is 10.4. The van der Waals surface area contributed by atoms with Crippen molar-refractivity contribution >= 4 is 43.9 Å². The quantitative estimate of drug-likeness (QED) is 0.292. The van der Waals surface area contributed by atoms with Gasteiger partial charge in [-0.25, -0.2) is 8.42 Å². The smallest absolute Gasteiger partial charge is 0.241 e. The molecule has 1 aromatic heterocycles. The van der Waals surface area contributed by atoms with E-state index < -0.39 is 28.0 Å². The summed E-state index contributed by atoms with van der Waals surface area (Å²) in [7, 11) is -4.01. The van der Waals surface area contributed by atoms with Gasteiger partial charge in [0.05, 0.1) is 10.9 Å². The van der Waals surface area contributed by atoms with E-state index in [2.05, 4.69) is 15.0 Å². The van der Waals surface area contributed by atoms with E-state index >= 15 is 0 Å². The maximum atomic E-state index is 13.4. The standard InChI is InChI=1S/C27H29N3O4S/c1-3-18(2)26(30-35(33,34)25-14-8-11-19-9-4-6-12-23(19)25)27(32)29-22(17-31)16-21-15-20-10-5-7-13-24(20)28-21/h4-15,17-18,22,26,28,30H,3,16H2,1-2H3,(H,29,32)/t18?,22-,26-/m0/s1. The zero-order chi connectivity index (χ0) is 25.0.